The fourth-order valence-electron chi connectivity index (χ4n) is 3.26. The van der Waals surface area contributed by atoms with Crippen LogP contribution in [0, 0.1) is 0 Å². The number of amides is 1. The Bertz CT molecular complexity index is 1100. The van der Waals surface area contributed by atoms with Crippen LogP contribution >= 0.6 is 23.4 Å². The zero-order valence-corrected chi connectivity index (χ0v) is 18.6. The van der Waals surface area contributed by atoms with Gasteiger partial charge in [-0.3, -0.25) is 4.79 Å². The second-order valence-corrected chi connectivity index (χ2v) is 8.58. The Kier molecular flexibility index (Phi) is 6.75. The number of H-pyrrole nitrogens is 1. The average Bonchev–Trinajstić information content (AvgIpc) is 3.24. The van der Waals surface area contributed by atoms with Gasteiger partial charge in [0.25, 0.3) is 0 Å². The van der Waals surface area contributed by atoms with Crippen LogP contribution in [0.25, 0.3) is 22.5 Å². The summed E-state index contributed by atoms with van der Waals surface area (Å²) in [7, 11) is 0. The first-order valence-electron chi connectivity index (χ1n) is 10.1. The van der Waals surface area contributed by atoms with Crippen LogP contribution in [-0.4, -0.2) is 21.1 Å². The molecule has 4 rings (SSSR count). The van der Waals surface area contributed by atoms with E-state index in [4.69, 9.17) is 16.6 Å². The summed E-state index contributed by atoms with van der Waals surface area (Å²) in [5.74, 6) is -0.0977. The molecule has 0 bridgehead atoms. The quantitative estimate of drug-likeness (QED) is 0.303. The van der Waals surface area contributed by atoms with Crippen molar-refractivity contribution in [3.05, 3.63) is 90.0 Å². The van der Waals surface area contributed by atoms with Crippen LogP contribution in [0.5, 0.6) is 0 Å². The van der Waals surface area contributed by atoms with Crippen molar-refractivity contribution < 1.29 is 4.79 Å². The van der Waals surface area contributed by atoms with Gasteiger partial charge >= 0.3 is 0 Å². The third kappa shape index (κ3) is 5.01. The lowest BCUT2D eigenvalue weighted by Crippen LogP contribution is -2.24. The summed E-state index contributed by atoms with van der Waals surface area (Å²) in [6.07, 6.45) is 0.656. The summed E-state index contributed by atoms with van der Waals surface area (Å²) in [6.45, 7) is 1.99. The second kappa shape index (κ2) is 9.86. The van der Waals surface area contributed by atoms with Crippen LogP contribution in [0.1, 0.15) is 13.3 Å². The molecule has 1 atom stereocenters. The number of aromatic nitrogens is 2. The van der Waals surface area contributed by atoms with Gasteiger partial charge in [0, 0.05) is 11.1 Å². The number of anilines is 1. The third-order valence-electron chi connectivity index (χ3n) is 4.84. The molecular weight excluding hydrogens is 426 g/mol. The highest BCUT2D eigenvalue weighted by Gasteiger charge is 2.22. The van der Waals surface area contributed by atoms with E-state index in [9.17, 15) is 4.79 Å². The zero-order chi connectivity index (χ0) is 21.6. The summed E-state index contributed by atoms with van der Waals surface area (Å²) in [4.78, 5) is 21.2. The molecule has 1 unspecified atom stereocenters. The Labute approximate surface area is 191 Å². The van der Waals surface area contributed by atoms with Crippen LogP contribution in [0.3, 0.4) is 0 Å². The van der Waals surface area contributed by atoms with E-state index in [2.05, 4.69) is 22.4 Å². The molecule has 2 N–H and O–H groups in total. The molecule has 4 nitrogen and oxygen atoms in total. The predicted molar refractivity (Wildman–Crippen MR) is 129 cm³/mol. The number of hydrogen-bond donors (Lipinski definition) is 2. The minimum absolute atomic E-state index is 0.0977. The van der Waals surface area contributed by atoms with Gasteiger partial charge in [0.1, 0.15) is 0 Å². The van der Waals surface area contributed by atoms with Crippen LogP contribution in [-0.2, 0) is 4.79 Å². The second-order valence-electron chi connectivity index (χ2n) is 6.98. The molecule has 0 aliphatic carbocycles. The molecule has 1 amide bonds. The van der Waals surface area contributed by atoms with Crippen molar-refractivity contribution in [2.45, 2.75) is 23.8 Å². The minimum atomic E-state index is -0.310. The summed E-state index contributed by atoms with van der Waals surface area (Å²) in [6, 6.07) is 27.4. The van der Waals surface area contributed by atoms with E-state index in [-0.39, 0.29) is 11.2 Å². The Morgan fingerprint density at radius 2 is 1.58 bits per heavy atom. The molecule has 0 saturated carbocycles. The molecular formula is C25H22ClN3OS. The van der Waals surface area contributed by atoms with E-state index in [1.165, 1.54) is 11.8 Å². The lowest BCUT2D eigenvalue weighted by Gasteiger charge is -2.14. The number of carbonyl (C=O) groups excluding carboxylic acids is 1. The third-order valence-corrected chi connectivity index (χ3v) is 6.42. The summed E-state index contributed by atoms with van der Waals surface area (Å²) >= 11 is 7.62. The standard InChI is InChI=1S/C25H22ClN3OS/c1-2-21(24(30)27-20-16-10-9-15-19(20)26)31-25-28-22(17-11-5-3-6-12-17)23(29-25)18-13-7-4-8-14-18/h3-16,21H,2H2,1H3,(H,27,30)(H,28,29). The Morgan fingerprint density at radius 1 is 0.968 bits per heavy atom. The lowest BCUT2D eigenvalue weighted by molar-refractivity contribution is -0.115. The monoisotopic (exact) mass is 447 g/mol. The first kappa shape index (κ1) is 21.2. The number of thioether (sulfide) groups is 1. The molecule has 0 spiro atoms. The maximum Gasteiger partial charge on any atom is 0.238 e. The molecule has 0 aliphatic rings. The van der Waals surface area contributed by atoms with E-state index < -0.39 is 0 Å². The number of rotatable bonds is 7. The van der Waals surface area contributed by atoms with Crippen LogP contribution < -0.4 is 5.32 Å². The molecule has 6 heteroatoms. The number of halogens is 1. The number of benzene rings is 3. The number of aromatic amines is 1. The molecule has 0 aliphatic heterocycles. The molecule has 156 valence electrons. The molecule has 0 fully saturated rings. The number of hydrogen-bond acceptors (Lipinski definition) is 3. The van der Waals surface area contributed by atoms with E-state index in [1.54, 1.807) is 12.1 Å². The van der Waals surface area contributed by atoms with Gasteiger partial charge in [-0.25, -0.2) is 4.98 Å². The SMILES string of the molecule is CCC(Sc1nc(-c2ccccc2)c(-c2ccccc2)[nH]1)C(=O)Nc1ccccc1Cl. The van der Waals surface area contributed by atoms with Gasteiger partial charge in [-0.1, -0.05) is 103 Å². The average molecular weight is 448 g/mol. The summed E-state index contributed by atoms with van der Waals surface area (Å²) in [5, 5.41) is 3.85. The van der Waals surface area contributed by atoms with Gasteiger partial charge in [-0.2, -0.15) is 0 Å². The minimum Gasteiger partial charge on any atom is -0.332 e. The molecule has 0 radical (unpaired) electrons. The first-order chi connectivity index (χ1) is 15.2. The normalized spacial score (nSPS) is 11.8. The summed E-state index contributed by atoms with van der Waals surface area (Å²) < 4.78 is 0. The molecule has 0 saturated heterocycles. The van der Waals surface area contributed by atoms with E-state index >= 15 is 0 Å². The van der Waals surface area contributed by atoms with Crippen LogP contribution in [0.15, 0.2) is 90.1 Å². The zero-order valence-electron chi connectivity index (χ0n) is 17.0. The highest BCUT2D eigenvalue weighted by atomic mass is 35.5. The van der Waals surface area contributed by atoms with Crippen molar-refractivity contribution in [2.24, 2.45) is 0 Å². The van der Waals surface area contributed by atoms with Crippen LogP contribution in [0.4, 0.5) is 5.69 Å². The predicted octanol–water partition coefficient (Wildman–Crippen LogP) is 6.91. The van der Waals surface area contributed by atoms with Crippen molar-refractivity contribution >= 4 is 35.0 Å². The van der Waals surface area contributed by atoms with Crippen molar-refractivity contribution in [1.29, 1.82) is 0 Å². The van der Waals surface area contributed by atoms with Gasteiger partial charge in [-0.05, 0) is 18.6 Å². The smallest absolute Gasteiger partial charge is 0.238 e. The fourth-order valence-corrected chi connectivity index (χ4v) is 4.35. The van der Waals surface area contributed by atoms with Crippen molar-refractivity contribution in [2.75, 3.05) is 5.32 Å². The van der Waals surface area contributed by atoms with Gasteiger partial charge in [0.05, 0.1) is 27.3 Å². The molecule has 1 heterocycles. The molecule has 3 aromatic carbocycles. The Hall–Kier alpha value is -3.02. The Morgan fingerprint density at radius 3 is 2.23 bits per heavy atom. The fraction of sp³-hybridized carbons (Fsp3) is 0.120. The number of nitrogens with one attached hydrogen (secondary N) is 2. The topological polar surface area (TPSA) is 57.8 Å². The van der Waals surface area contributed by atoms with Crippen molar-refractivity contribution in [3.8, 4) is 22.5 Å². The van der Waals surface area contributed by atoms with Gasteiger partial charge in [0.15, 0.2) is 5.16 Å². The highest BCUT2D eigenvalue weighted by Crippen LogP contribution is 2.34. The largest absolute Gasteiger partial charge is 0.332 e. The number of nitrogens with zero attached hydrogens (tertiary/aromatic N) is 1. The lowest BCUT2D eigenvalue weighted by atomic mass is 10.1. The van der Waals surface area contributed by atoms with Crippen LogP contribution in [0.2, 0.25) is 5.02 Å². The Balaban J connectivity index is 1.62. The maximum atomic E-state index is 12.9. The molecule has 1 aromatic heterocycles. The van der Waals surface area contributed by atoms with E-state index in [1.807, 2.05) is 67.6 Å². The van der Waals surface area contributed by atoms with Crippen molar-refractivity contribution in [1.82, 2.24) is 9.97 Å². The number of para-hydroxylation sites is 1. The number of carbonyl (C=O) groups is 1. The molecule has 31 heavy (non-hydrogen) atoms. The van der Waals surface area contributed by atoms with Gasteiger partial charge in [0.2, 0.25) is 5.91 Å². The van der Waals surface area contributed by atoms with E-state index in [0.29, 0.717) is 22.3 Å². The van der Waals surface area contributed by atoms with E-state index in [0.717, 1.165) is 22.5 Å². The first-order valence-corrected chi connectivity index (χ1v) is 11.3. The van der Waals surface area contributed by atoms with Gasteiger partial charge < -0.3 is 10.3 Å². The van der Waals surface area contributed by atoms with Crippen molar-refractivity contribution in [3.63, 3.8) is 0 Å². The molecule has 4 aromatic rings. The highest BCUT2D eigenvalue weighted by molar-refractivity contribution is 8.00. The summed E-state index contributed by atoms with van der Waals surface area (Å²) in [5.41, 5.74) is 4.50. The number of imidazole rings is 1. The van der Waals surface area contributed by atoms with Gasteiger partial charge in [-0.15, -0.1) is 0 Å². The maximum absolute atomic E-state index is 12.9.